The molecule has 4 rings (SSSR count). The number of halogens is 6. The van der Waals surface area contributed by atoms with Crippen molar-refractivity contribution < 1.29 is 34.8 Å². The van der Waals surface area contributed by atoms with E-state index in [0.717, 1.165) is 12.1 Å². The highest BCUT2D eigenvalue weighted by atomic mass is 32.2. The van der Waals surface area contributed by atoms with Crippen LogP contribution in [0.5, 0.6) is 0 Å². The molecule has 0 spiro atoms. The number of alkyl halides is 6. The van der Waals surface area contributed by atoms with E-state index in [1.54, 1.807) is 0 Å². The van der Waals surface area contributed by atoms with Crippen molar-refractivity contribution in [3.63, 3.8) is 0 Å². The number of hydrogen-bond acceptors (Lipinski definition) is 6. The van der Waals surface area contributed by atoms with E-state index in [9.17, 15) is 39.6 Å². The Morgan fingerprint density at radius 2 is 1.64 bits per heavy atom. The molecule has 0 fully saturated rings. The lowest BCUT2D eigenvalue weighted by Crippen LogP contribution is -2.23. The quantitative estimate of drug-likeness (QED) is 0.259. The number of rotatable bonds is 5. The van der Waals surface area contributed by atoms with Crippen LogP contribution >= 0.6 is 11.8 Å². The van der Waals surface area contributed by atoms with Gasteiger partial charge in [0.2, 0.25) is 0 Å². The molecule has 0 unspecified atom stereocenters. The minimum absolute atomic E-state index is 0.0771. The number of aromatic nitrogens is 4. The van der Waals surface area contributed by atoms with Gasteiger partial charge in [-0.15, -0.1) is 5.10 Å². The monoisotopic (exact) mass is 548 g/mol. The van der Waals surface area contributed by atoms with Crippen LogP contribution in [0.1, 0.15) is 12.5 Å². The molecule has 190 valence electrons. The van der Waals surface area contributed by atoms with E-state index in [1.165, 1.54) is 43.5 Å². The molecular weight excluding hydrogens is 534 g/mol. The topological polar surface area (TPSA) is 86.3 Å². The van der Waals surface area contributed by atoms with Crippen LogP contribution in [0.4, 0.5) is 26.3 Å². The molecule has 0 amide bonds. The van der Waals surface area contributed by atoms with Gasteiger partial charge in [0, 0.05) is 22.9 Å². The zero-order valence-corrected chi connectivity index (χ0v) is 19.6. The van der Waals surface area contributed by atoms with E-state index >= 15 is 0 Å². The molecular formula is C21H14F6N4O3S2. The summed E-state index contributed by atoms with van der Waals surface area (Å²) >= 11 is -0.309. The van der Waals surface area contributed by atoms with Crippen LogP contribution in [0.3, 0.4) is 0 Å². The Kier molecular flexibility index (Phi) is 6.41. The summed E-state index contributed by atoms with van der Waals surface area (Å²) in [6.07, 6.45) is -2.99. The van der Waals surface area contributed by atoms with E-state index in [2.05, 4.69) is 10.1 Å². The third kappa shape index (κ3) is 5.11. The second kappa shape index (κ2) is 8.96. The molecule has 0 N–H and O–H groups in total. The lowest BCUT2D eigenvalue weighted by atomic mass is 10.1. The molecule has 0 aliphatic heterocycles. The van der Waals surface area contributed by atoms with Gasteiger partial charge in [-0.3, -0.25) is 0 Å². The van der Waals surface area contributed by atoms with Crippen molar-refractivity contribution >= 4 is 27.2 Å². The molecule has 0 bridgehead atoms. The molecule has 0 aliphatic rings. The highest BCUT2D eigenvalue weighted by Gasteiger charge is 2.32. The van der Waals surface area contributed by atoms with Crippen molar-refractivity contribution in [2.45, 2.75) is 28.4 Å². The van der Waals surface area contributed by atoms with Crippen molar-refractivity contribution in [3.05, 3.63) is 70.9 Å². The van der Waals surface area contributed by atoms with Crippen molar-refractivity contribution in [2.24, 2.45) is 0 Å². The van der Waals surface area contributed by atoms with Gasteiger partial charge in [-0.2, -0.15) is 31.0 Å². The second-order valence-corrected chi connectivity index (χ2v) is 10.7. The number of benzene rings is 1. The largest absolute Gasteiger partial charge is 0.446 e. The Hall–Kier alpha value is -3.33. The number of thioether (sulfide) groups is 1. The minimum Gasteiger partial charge on any atom is -0.249 e. The van der Waals surface area contributed by atoms with Gasteiger partial charge in [0.1, 0.15) is 4.90 Å². The van der Waals surface area contributed by atoms with Crippen molar-refractivity contribution in [1.29, 1.82) is 0 Å². The van der Waals surface area contributed by atoms with Gasteiger partial charge >= 0.3 is 17.4 Å². The SMILES string of the molecule is CCS(=O)(=O)c1cc(-c2ccc(SC(F)(F)F)cc2)cnc1-n1nc2ccc(C(F)(F)F)cn2c1=O. The van der Waals surface area contributed by atoms with Crippen molar-refractivity contribution in [3.8, 4) is 16.9 Å². The number of pyridine rings is 2. The van der Waals surface area contributed by atoms with Gasteiger partial charge in [-0.1, -0.05) is 19.1 Å². The zero-order valence-electron chi connectivity index (χ0n) is 18.0. The lowest BCUT2D eigenvalue weighted by Gasteiger charge is -2.11. The molecule has 36 heavy (non-hydrogen) atoms. The van der Waals surface area contributed by atoms with Gasteiger partial charge in [0.15, 0.2) is 21.3 Å². The predicted molar refractivity (Wildman–Crippen MR) is 119 cm³/mol. The molecule has 0 saturated heterocycles. The second-order valence-electron chi connectivity index (χ2n) is 7.36. The molecule has 15 heteroatoms. The maximum absolute atomic E-state index is 13.1. The highest BCUT2D eigenvalue weighted by molar-refractivity contribution is 8.00. The predicted octanol–water partition coefficient (Wildman–Crippen LogP) is 4.97. The van der Waals surface area contributed by atoms with E-state index < -0.39 is 49.2 Å². The molecule has 0 aliphatic carbocycles. The summed E-state index contributed by atoms with van der Waals surface area (Å²) in [5.74, 6) is -0.820. The maximum Gasteiger partial charge on any atom is 0.446 e. The van der Waals surface area contributed by atoms with Crippen LogP contribution in [0.25, 0.3) is 22.6 Å². The Balaban J connectivity index is 1.85. The summed E-state index contributed by atoms with van der Waals surface area (Å²) in [5, 5.41) is 3.93. The van der Waals surface area contributed by atoms with Gasteiger partial charge in [0.25, 0.3) is 0 Å². The van der Waals surface area contributed by atoms with E-state index in [-0.39, 0.29) is 27.9 Å². The fourth-order valence-corrected chi connectivity index (χ4v) is 4.84. The molecule has 0 atom stereocenters. The van der Waals surface area contributed by atoms with Crippen LogP contribution in [-0.2, 0) is 16.0 Å². The molecule has 0 radical (unpaired) electrons. The van der Waals surface area contributed by atoms with Gasteiger partial charge < -0.3 is 0 Å². The Morgan fingerprint density at radius 3 is 2.22 bits per heavy atom. The smallest absolute Gasteiger partial charge is 0.249 e. The normalized spacial score (nSPS) is 12.9. The number of sulfone groups is 1. The third-order valence-electron chi connectivity index (χ3n) is 5.01. The standard InChI is InChI=1S/C21H14F6N4O3S2/c1-2-36(33,34)16-9-13(12-3-6-15(7-4-12)35-21(25,26)27)10-28-18(16)31-19(32)30-11-14(20(22,23)24)5-8-17(30)29-31/h3-11H,2H2,1H3. The fourth-order valence-electron chi connectivity index (χ4n) is 3.27. The zero-order chi connectivity index (χ0) is 26.5. The summed E-state index contributed by atoms with van der Waals surface area (Å²) in [7, 11) is -4.03. The highest BCUT2D eigenvalue weighted by Crippen LogP contribution is 2.37. The van der Waals surface area contributed by atoms with Gasteiger partial charge in [-0.25, -0.2) is 22.6 Å². The first-order chi connectivity index (χ1) is 16.7. The first-order valence-electron chi connectivity index (χ1n) is 9.97. The van der Waals surface area contributed by atoms with Crippen LogP contribution < -0.4 is 5.69 Å². The van der Waals surface area contributed by atoms with E-state index in [1.807, 2.05) is 0 Å². The fraction of sp³-hybridized carbons (Fsp3) is 0.190. The van der Waals surface area contributed by atoms with E-state index in [4.69, 9.17) is 0 Å². The summed E-state index contributed by atoms with van der Waals surface area (Å²) in [6.45, 7) is 1.34. The molecule has 4 aromatic rings. The molecule has 3 aromatic heterocycles. The maximum atomic E-state index is 13.1. The van der Waals surface area contributed by atoms with Gasteiger partial charge in [0.05, 0.1) is 11.3 Å². The number of nitrogens with zero attached hydrogens (tertiary/aromatic N) is 4. The number of fused-ring (bicyclic) bond motifs is 1. The molecule has 1 aromatic carbocycles. The first kappa shape index (κ1) is 25.8. The Bertz CT molecular complexity index is 1610. The first-order valence-corrected chi connectivity index (χ1v) is 12.4. The average Bonchev–Trinajstić information content (AvgIpc) is 3.13. The molecule has 3 heterocycles. The average molecular weight is 548 g/mol. The minimum atomic E-state index is -4.72. The summed E-state index contributed by atoms with van der Waals surface area (Å²) in [5.41, 5.74) is -6.24. The van der Waals surface area contributed by atoms with Gasteiger partial charge in [-0.05, 0) is 47.7 Å². The summed E-state index contributed by atoms with van der Waals surface area (Å²) < 4.78 is 104. The van der Waals surface area contributed by atoms with Crippen molar-refractivity contribution in [2.75, 3.05) is 5.75 Å². The number of hydrogen-bond donors (Lipinski definition) is 0. The lowest BCUT2D eigenvalue weighted by molar-refractivity contribution is -0.137. The van der Waals surface area contributed by atoms with Crippen LogP contribution in [0.2, 0.25) is 0 Å². The van der Waals surface area contributed by atoms with Crippen molar-refractivity contribution in [1.82, 2.24) is 19.2 Å². The Morgan fingerprint density at radius 1 is 0.972 bits per heavy atom. The molecule has 0 saturated carbocycles. The van der Waals surface area contributed by atoms with E-state index in [0.29, 0.717) is 20.8 Å². The van der Waals surface area contributed by atoms with Crippen LogP contribution in [0.15, 0.2) is 69.4 Å². The Labute approximate surface area is 203 Å². The van der Waals surface area contributed by atoms with Crippen LogP contribution in [-0.4, -0.2) is 38.8 Å². The molecule has 7 nitrogen and oxygen atoms in total. The summed E-state index contributed by atoms with van der Waals surface area (Å²) in [6, 6.07) is 7.99. The third-order valence-corrected chi connectivity index (χ3v) is 7.48. The summed E-state index contributed by atoms with van der Waals surface area (Å²) in [4.78, 5) is 16.4. The van der Waals surface area contributed by atoms with Crippen LogP contribution in [0, 0.1) is 0 Å².